The lowest BCUT2D eigenvalue weighted by Gasteiger charge is -2.21. The molecule has 0 aliphatic carbocycles. The molecule has 30 heavy (non-hydrogen) atoms. The summed E-state index contributed by atoms with van der Waals surface area (Å²) in [5.74, 6) is -1.01. The predicted octanol–water partition coefficient (Wildman–Crippen LogP) is 1.76. The second-order valence-electron chi connectivity index (χ2n) is 6.90. The summed E-state index contributed by atoms with van der Waals surface area (Å²) in [6.45, 7) is 3.14. The van der Waals surface area contributed by atoms with Crippen LogP contribution in [0.15, 0.2) is 53.3 Å². The molecule has 9 heteroatoms. The molecule has 1 heterocycles. The normalized spacial score (nSPS) is 11.9. The molecule has 0 fully saturated rings. The van der Waals surface area contributed by atoms with Gasteiger partial charge >= 0.3 is 5.97 Å². The van der Waals surface area contributed by atoms with Crippen molar-refractivity contribution in [2.75, 3.05) is 7.11 Å². The fourth-order valence-corrected chi connectivity index (χ4v) is 2.87. The van der Waals surface area contributed by atoms with Gasteiger partial charge in [0.15, 0.2) is 6.73 Å². The highest BCUT2D eigenvalue weighted by atomic mass is 16.5. The highest BCUT2D eigenvalue weighted by Crippen LogP contribution is 2.18. The van der Waals surface area contributed by atoms with E-state index < -0.39 is 30.2 Å². The molecule has 0 saturated heterocycles. The smallest absolute Gasteiger partial charge is 0.330 e. The third kappa shape index (κ3) is 4.45. The standard InChI is InChI=1S/C21H22N4O5/c1-13(2)18(22-19(26)15-9-5-7-11-17(15)29-3)21(28)30-12-25-20(27)14-8-4-6-10-16(14)23-24-25/h4-11,13,18H,12H2,1-3H3,(H,22,26)/t18-/m0/s1. The van der Waals surface area contributed by atoms with E-state index in [4.69, 9.17) is 9.47 Å². The van der Waals surface area contributed by atoms with Gasteiger partial charge in [-0.2, -0.15) is 4.68 Å². The van der Waals surface area contributed by atoms with Crippen LogP contribution in [0.25, 0.3) is 10.9 Å². The maximum Gasteiger partial charge on any atom is 0.330 e. The van der Waals surface area contributed by atoms with Crippen molar-refractivity contribution in [3.05, 3.63) is 64.4 Å². The first-order valence-electron chi connectivity index (χ1n) is 9.35. The Labute approximate surface area is 172 Å². The summed E-state index contributed by atoms with van der Waals surface area (Å²) < 4.78 is 11.4. The van der Waals surface area contributed by atoms with E-state index in [-0.39, 0.29) is 5.92 Å². The molecule has 9 nitrogen and oxygen atoms in total. The minimum Gasteiger partial charge on any atom is -0.496 e. The summed E-state index contributed by atoms with van der Waals surface area (Å²) in [6, 6.07) is 12.5. The zero-order valence-corrected chi connectivity index (χ0v) is 16.9. The largest absolute Gasteiger partial charge is 0.496 e. The topological polar surface area (TPSA) is 112 Å². The number of esters is 1. The van der Waals surface area contributed by atoms with E-state index in [0.29, 0.717) is 22.2 Å². The number of hydrogen-bond acceptors (Lipinski definition) is 7. The molecule has 156 valence electrons. The molecule has 0 saturated carbocycles. The van der Waals surface area contributed by atoms with Crippen molar-refractivity contribution in [2.24, 2.45) is 5.92 Å². The fraction of sp³-hybridized carbons (Fsp3) is 0.286. The molecule has 0 spiro atoms. The van der Waals surface area contributed by atoms with Gasteiger partial charge in [0, 0.05) is 0 Å². The van der Waals surface area contributed by atoms with Gasteiger partial charge in [-0.25, -0.2) is 4.79 Å². The lowest BCUT2D eigenvalue weighted by Crippen LogP contribution is -2.45. The molecule has 0 aliphatic heterocycles. The van der Waals surface area contributed by atoms with Gasteiger partial charge in [0.25, 0.3) is 11.5 Å². The SMILES string of the molecule is COc1ccccc1C(=O)N[C@H](C(=O)OCn1nnc2ccccc2c1=O)C(C)C. The first-order chi connectivity index (χ1) is 14.4. The molecule has 0 bridgehead atoms. The van der Waals surface area contributed by atoms with Crippen molar-refractivity contribution in [1.82, 2.24) is 20.3 Å². The van der Waals surface area contributed by atoms with Crippen LogP contribution in [-0.4, -0.2) is 40.0 Å². The lowest BCUT2D eigenvalue weighted by atomic mass is 10.0. The van der Waals surface area contributed by atoms with Gasteiger partial charge in [0.05, 0.1) is 18.1 Å². The number of methoxy groups -OCH3 is 1. The van der Waals surface area contributed by atoms with Crippen LogP contribution in [0.5, 0.6) is 5.75 Å². The summed E-state index contributed by atoms with van der Waals surface area (Å²) in [5, 5.41) is 10.8. The quantitative estimate of drug-likeness (QED) is 0.591. The van der Waals surface area contributed by atoms with Gasteiger partial charge in [-0.05, 0) is 30.2 Å². The Morgan fingerprint density at radius 3 is 2.53 bits per heavy atom. The number of ether oxygens (including phenoxy) is 2. The van der Waals surface area contributed by atoms with E-state index in [1.165, 1.54) is 7.11 Å². The van der Waals surface area contributed by atoms with Crippen LogP contribution < -0.4 is 15.6 Å². The summed E-state index contributed by atoms with van der Waals surface area (Å²) >= 11 is 0. The number of benzene rings is 2. The van der Waals surface area contributed by atoms with Crippen molar-refractivity contribution in [1.29, 1.82) is 0 Å². The van der Waals surface area contributed by atoms with Crippen LogP contribution in [0.4, 0.5) is 0 Å². The zero-order chi connectivity index (χ0) is 21.7. The predicted molar refractivity (Wildman–Crippen MR) is 109 cm³/mol. The van der Waals surface area contributed by atoms with Crippen LogP contribution in [0, 0.1) is 5.92 Å². The number of fused-ring (bicyclic) bond motifs is 1. The Balaban J connectivity index is 1.73. The average Bonchev–Trinajstić information content (AvgIpc) is 2.76. The number of para-hydroxylation sites is 1. The Kier molecular flexibility index (Phi) is 6.41. The van der Waals surface area contributed by atoms with Gasteiger partial charge in [0.1, 0.15) is 17.3 Å². The number of amides is 1. The summed E-state index contributed by atoms with van der Waals surface area (Å²) in [7, 11) is 1.46. The van der Waals surface area contributed by atoms with Crippen molar-refractivity contribution < 1.29 is 19.1 Å². The first kappa shape index (κ1) is 21.0. The van der Waals surface area contributed by atoms with Crippen molar-refractivity contribution in [3.8, 4) is 5.75 Å². The van der Waals surface area contributed by atoms with E-state index in [1.54, 1.807) is 62.4 Å². The Bertz CT molecular complexity index is 1130. The number of rotatable bonds is 7. The van der Waals surface area contributed by atoms with E-state index in [0.717, 1.165) is 4.68 Å². The number of carbonyl (C=O) groups excluding carboxylic acids is 2. The van der Waals surface area contributed by atoms with Crippen LogP contribution in [0.3, 0.4) is 0 Å². The monoisotopic (exact) mass is 410 g/mol. The van der Waals surface area contributed by atoms with Crippen molar-refractivity contribution in [2.45, 2.75) is 26.6 Å². The van der Waals surface area contributed by atoms with Gasteiger partial charge in [-0.1, -0.05) is 43.3 Å². The molecule has 1 aromatic heterocycles. The van der Waals surface area contributed by atoms with E-state index >= 15 is 0 Å². The summed E-state index contributed by atoms with van der Waals surface area (Å²) in [4.78, 5) is 37.7. The minimum atomic E-state index is -0.925. The van der Waals surface area contributed by atoms with Crippen molar-refractivity contribution in [3.63, 3.8) is 0 Å². The number of nitrogens with zero attached hydrogens (tertiary/aromatic N) is 3. The Morgan fingerprint density at radius 2 is 1.80 bits per heavy atom. The molecule has 1 N–H and O–H groups in total. The van der Waals surface area contributed by atoms with Gasteiger partial charge in [-0.15, -0.1) is 5.10 Å². The maximum absolute atomic E-state index is 12.6. The lowest BCUT2D eigenvalue weighted by molar-refractivity contribution is -0.151. The number of nitrogens with one attached hydrogen (secondary N) is 1. The Morgan fingerprint density at radius 1 is 1.10 bits per heavy atom. The maximum atomic E-state index is 12.6. The third-order valence-electron chi connectivity index (χ3n) is 4.52. The molecule has 0 aliphatic rings. The van der Waals surface area contributed by atoms with E-state index in [9.17, 15) is 14.4 Å². The number of aromatic nitrogens is 3. The molecule has 0 unspecified atom stereocenters. The summed E-state index contributed by atoms with van der Waals surface area (Å²) in [6.07, 6.45) is 0. The van der Waals surface area contributed by atoms with Crippen LogP contribution >= 0.6 is 0 Å². The van der Waals surface area contributed by atoms with Crippen LogP contribution in [0.2, 0.25) is 0 Å². The van der Waals surface area contributed by atoms with E-state index in [2.05, 4.69) is 15.6 Å². The minimum absolute atomic E-state index is 0.254. The fourth-order valence-electron chi connectivity index (χ4n) is 2.87. The molecular formula is C21H22N4O5. The van der Waals surface area contributed by atoms with E-state index in [1.807, 2.05) is 0 Å². The molecule has 3 aromatic rings. The second-order valence-corrected chi connectivity index (χ2v) is 6.90. The first-order valence-corrected chi connectivity index (χ1v) is 9.35. The molecule has 1 atom stereocenters. The Hall–Kier alpha value is -3.75. The van der Waals surface area contributed by atoms with Gasteiger partial charge in [-0.3, -0.25) is 9.59 Å². The summed E-state index contributed by atoms with van der Waals surface area (Å²) in [5.41, 5.74) is 0.330. The van der Waals surface area contributed by atoms with Crippen molar-refractivity contribution >= 4 is 22.8 Å². The second kappa shape index (κ2) is 9.17. The highest BCUT2D eigenvalue weighted by molar-refractivity contribution is 5.99. The molecule has 2 aromatic carbocycles. The molecular weight excluding hydrogens is 388 g/mol. The molecule has 1 amide bonds. The number of hydrogen-bond donors (Lipinski definition) is 1. The average molecular weight is 410 g/mol. The zero-order valence-electron chi connectivity index (χ0n) is 16.9. The van der Waals surface area contributed by atoms with Crippen LogP contribution in [-0.2, 0) is 16.3 Å². The van der Waals surface area contributed by atoms with Gasteiger partial charge < -0.3 is 14.8 Å². The van der Waals surface area contributed by atoms with Gasteiger partial charge in [0.2, 0.25) is 0 Å². The van der Waals surface area contributed by atoms with Crippen LogP contribution in [0.1, 0.15) is 24.2 Å². The number of carbonyl (C=O) groups is 2. The highest BCUT2D eigenvalue weighted by Gasteiger charge is 2.27. The third-order valence-corrected chi connectivity index (χ3v) is 4.52. The molecule has 3 rings (SSSR count). The molecule has 0 radical (unpaired) electrons.